The summed E-state index contributed by atoms with van der Waals surface area (Å²) < 4.78 is 11.1. The van der Waals surface area contributed by atoms with Crippen molar-refractivity contribution in [2.75, 3.05) is 6.16 Å². The number of hydrogen-bond acceptors (Lipinski definition) is 4. The van der Waals surface area contributed by atoms with Gasteiger partial charge in [0.15, 0.2) is 5.78 Å². The molecule has 0 aliphatic carbocycles. The third-order valence-electron chi connectivity index (χ3n) is 5.25. The number of aryl methyl sites for hydroxylation is 4. The number of carbonyl (C=O) groups is 1. The van der Waals surface area contributed by atoms with Crippen LogP contribution in [-0.2, 0) is 17.4 Å². The number of thiophene rings is 1. The molecule has 0 radical (unpaired) electrons. The highest BCUT2D eigenvalue weighted by molar-refractivity contribution is 7.51. The van der Waals surface area contributed by atoms with Crippen LogP contribution in [0, 0.1) is 13.8 Å². The van der Waals surface area contributed by atoms with Crippen LogP contribution in [0.25, 0.3) is 0 Å². The first kappa shape index (κ1) is 25.0. The second-order valence-corrected chi connectivity index (χ2v) is 11.6. The average molecular weight is 452 g/mol. The van der Waals surface area contributed by atoms with E-state index in [4.69, 9.17) is 15.5 Å². The monoisotopic (exact) mass is 451 g/mol. The number of ketones is 1. The fraction of sp³-hybridized carbons (Fsp3) is 0.522. The molecular weight excluding hydrogens is 417 g/mol. The summed E-state index contributed by atoms with van der Waals surface area (Å²) in [5.41, 5.74) is 9.44. The number of unbranched alkanes of at least 4 members (excludes halogenated alkanes) is 1. The molecule has 0 saturated heterocycles. The quantitative estimate of drug-likeness (QED) is 0.235. The van der Waals surface area contributed by atoms with Crippen molar-refractivity contribution in [1.82, 2.24) is 0 Å². The molecular formula is C23H34NO4PS. The number of nitrogens with two attached hydrogens (primary N) is 1. The molecule has 7 heteroatoms. The zero-order valence-corrected chi connectivity index (χ0v) is 19.9. The van der Waals surface area contributed by atoms with Crippen LogP contribution >= 0.6 is 18.9 Å². The van der Waals surface area contributed by atoms with Gasteiger partial charge < -0.3 is 15.5 Å². The van der Waals surface area contributed by atoms with E-state index in [0.29, 0.717) is 19.3 Å². The number of Topliss-reactive ketones (excluding diaryl/α,β-unsaturated/α-hetero) is 1. The molecule has 2 aromatic rings. The van der Waals surface area contributed by atoms with Gasteiger partial charge in [0.05, 0.1) is 11.0 Å². The van der Waals surface area contributed by atoms with Crippen LogP contribution in [0.4, 0.5) is 0 Å². The lowest BCUT2D eigenvalue weighted by Gasteiger charge is -2.24. The minimum absolute atomic E-state index is 0.184. The molecule has 5 nitrogen and oxygen atoms in total. The Balaban J connectivity index is 1.75. The predicted octanol–water partition coefficient (Wildman–Crippen LogP) is 5.18. The predicted molar refractivity (Wildman–Crippen MR) is 125 cm³/mol. The van der Waals surface area contributed by atoms with Gasteiger partial charge in [-0.1, -0.05) is 29.3 Å². The maximum absolute atomic E-state index is 12.5. The molecule has 1 heterocycles. The van der Waals surface area contributed by atoms with Crippen molar-refractivity contribution in [1.29, 1.82) is 0 Å². The highest BCUT2D eigenvalue weighted by atomic mass is 32.1. The van der Waals surface area contributed by atoms with Crippen LogP contribution in [0.2, 0.25) is 0 Å². The zero-order chi connectivity index (χ0) is 22.4. The van der Waals surface area contributed by atoms with Crippen molar-refractivity contribution in [2.24, 2.45) is 5.73 Å². The van der Waals surface area contributed by atoms with Crippen LogP contribution in [0.15, 0.2) is 30.3 Å². The van der Waals surface area contributed by atoms with E-state index in [1.54, 1.807) is 0 Å². The van der Waals surface area contributed by atoms with E-state index in [0.717, 1.165) is 29.0 Å². The van der Waals surface area contributed by atoms with E-state index < -0.39 is 13.1 Å². The lowest BCUT2D eigenvalue weighted by Crippen LogP contribution is -2.37. The molecule has 166 valence electrons. The Morgan fingerprint density at radius 2 is 1.73 bits per heavy atom. The number of benzene rings is 1. The Hall–Kier alpha value is -1.30. The van der Waals surface area contributed by atoms with E-state index in [-0.39, 0.29) is 18.4 Å². The standard InChI is InChI=1S/C23H34NO4PS/c1-17-14-18(2)16-19(15-17)6-4-5-7-21(25)22-9-8-20(30-22)10-11-23(3,24)12-13-29(26,27)28/h8-9,14-16H,4-7,10-13,24H2,1-3H3,(H2,26,27,28). The summed E-state index contributed by atoms with van der Waals surface area (Å²) in [6.45, 7) is 6.04. The molecule has 1 unspecified atom stereocenters. The summed E-state index contributed by atoms with van der Waals surface area (Å²) in [5.74, 6) is 0.184. The molecule has 0 fully saturated rings. The molecule has 0 bridgehead atoms. The molecule has 2 rings (SSSR count). The average Bonchev–Trinajstić information content (AvgIpc) is 3.10. The van der Waals surface area contributed by atoms with Gasteiger partial charge in [0.1, 0.15) is 0 Å². The Labute approximate surface area is 183 Å². The van der Waals surface area contributed by atoms with Crippen LogP contribution in [-0.4, -0.2) is 27.3 Å². The smallest absolute Gasteiger partial charge is 0.325 e. The molecule has 0 aliphatic heterocycles. The normalized spacial score (nSPS) is 13.9. The summed E-state index contributed by atoms with van der Waals surface area (Å²) in [4.78, 5) is 32.4. The summed E-state index contributed by atoms with van der Waals surface area (Å²) >= 11 is 1.50. The number of carbonyl (C=O) groups excluding carboxylic acids is 1. The first-order valence-electron chi connectivity index (χ1n) is 10.5. The van der Waals surface area contributed by atoms with Crippen LogP contribution in [0.3, 0.4) is 0 Å². The SMILES string of the molecule is Cc1cc(C)cc(CCCCC(=O)c2ccc(CCC(C)(N)CCP(=O)(O)O)s2)c1. The van der Waals surface area contributed by atoms with Crippen LogP contribution < -0.4 is 5.73 Å². The van der Waals surface area contributed by atoms with Gasteiger partial charge in [-0.3, -0.25) is 9.36 Å². The Kier molecular flexibility index (Phi) is 9.01. The van der Waals surface area contributed by atoms with Gasteiger partial charge in [0, 0.05) is 16.8 Å². The maximum atomic E-state index is 12.5. The third kappa shape index (κ3) is 9.23. The highest BCUT2D eigenvalue weighted by Crippen LogP contribution is 2.37. The number of hydrogen-bond donors (Lipinski definition) is 3. The van der Waals surface area contributed by atoms with Gasteiger partial charge in [-0.25, -0.2) is 0 Å². The van der Waals surface area contributed by atoms with Crippen molar-refractivity contribution in [2.45, 2.75) is 71.3 Å². The van der Waals surface area contributed by atoms with Gasteiger partial charge in [-0.15, -0.1) is 11.3 Å². The van der Waals surface area contributed by atoms with Crippen LogP contribution in [0.1, 0.15) is 70.3 Å². The Morgan fingerprint density at radius 1 is 1.07 bits per heavy atom. The first-order chi connectivity index (χ1) is 13.9. The Morgan fingerprint density at radius 3 is 2.37 bits per heavy atom. The summed E-state index contributed by atoms with van der Waals surface area (Å²) in [6, 6.07) is 10.4. The van der Waals surface area contributed by atoms with Crippen molar-refractivity contribution in [3.8, 4) is 0 Å². The van der Waals surface area contributed by atoms with Crippen molar-refractivity contribution in [3.05, 3.63) is 56.8 Å². The molecule has 1 aromatic heterocycles. The topological polar surface area (TPSA) is 101 Å². The van der Waals surface area contributed by atoms with Crippen molar-refractivity contribution in [3.63, 3.8) is 0 Å². The largest absolute Gasteiger partial charge is 0.325 e. The maximum Gasteiger partial charge on any atom is 0.325 e. The summed E-state index contributed by atoms with van der Waals surface area (Å²) in [7, 11) is -4.03. The van der Waals surface area contributed by atoms with Gasteiger partial charge in [0.25, 0.3) is 0 Å². The molecule has 4 N–H and O–H groups in total. The lowest BCUT2D eigenvalue weighted by atomic mass is 9.94. The molecule has 0 aliphatic rings. The summed E-state index contributed by atoms with van der Waals surface area (Å²) in [6.07, 6.45) is 4.83. The van der Waals surface area contributed by atoms with E-state index >= 15 is 0 Å². The summed E-state index contributed by atoms with van der Waals surface area (Å²) in [5, 5.41) is 0. The van der Waals surface area contributed by atoms with E-state index in [1.807, 2.05) is 19.1 Å². The van der Waals surface area contributed by atoms with Gasteiger partial charge in [0.2, 0.25) is 0 Å². The van der Waals surface area contributed by atoms with Gasteiger partial charge in [-0.2, -0.15) is 0 Å². The molecule has 30 heavy (non-hydrogen) atoms. The second-order valence-electron chi connectivity index (χ2n) is 8.68. The van der Waals surface area contributed by atoms with Crippen LogP contribution in [0.5, 0.6) is 0 Å². The minimum atomic E-state index is -4.03. The molecule has 1 atom stereocenters. The van der Waals surface area contributed by atoms with Gasteiger partial charge in [-0.05, 0) is 77.0 Å². The third-order valence-corrected chi connectivity index (χ3v) is 7.25. The fourth-order valence-electron chi connectivity index (χ4n) is 3.55. The van der Waals surface area contributed by atoms with E-state index in [1.165, 1.54) is 28.0 Å². The fourth-order valence-corrected chi connectivity index (χ4v) is 5.32. The van der Waals surface area contributed by atoms with Crippen molar-refractivity contribution >= 4 is 24.7 Å². The molecule has 0 spiro atoms. The zero-order valence-electron chi connectivity index (χ0n) is 18.2. The lowest BCUT2D eigenvalue weighted by molar-refractivity contribution is 0.0983. The molecule has 1 aromatic carbocycles. The molecule has 0 amide bonds. The number of rotatable bonds is 12. The van der Waals surface area contributed by atoms with Gasteiger partial charge >= 0.3 is 7.60 Å². The molecule has 0 saturated carbocycles. The first-order valence-corrected chi connectivity index (χ1v) is 13.1. The highest BCUT2D eigenvalue weighted by Gasteiger charge is 2.24. The Bertz CT molecular complexity index is 880. The second kappa shape index (κ2) is 10.8. The van der Waals surface area contributed by atoms with E-state index in [9.17, 15) is 9.36 Å². The van der Waals surface area contributed by atoms with E-state index in [2.05, 4.69) is 32.0 Å². The minimum Gasteiger partial charge on any atom is -0.325 e. The van der Waals surface area contributed by atoms with Crippen molar-refractivity contribution < 1.29 is 19.1 Å².